The molecule has 0 radical (unpaired) electrons. The Hall–Kier alpha value is -0.170. The van der Waals surface area contributed by atoms with Crippen LogP contribution < -0.4 is 0 Å². The lowest BCUT2D eigenvalue weighted by atomic mass is 9.98. The summed E-state index contributed by atoms with van der Waals surface area (Å²) in [7, 11) is 4.12. The van der Waals surface area contributed by atoms with Crippen molar-refractivity contribution in [2.75, 3.05) is 27.2 Å². The van der Waals surface area contributed by atoms with Crippen LogP contribution in [0, 0.1) is 5.92 Å². The van der Waals surface area contributed by atoms with Crippen molar-refractivity contribution in [1.29, 1.82) is 0 Å². The van der Waals surface area contributed by atoms with Crippen molar-refractivity contribution in [3.8, 4) is 0 Å². The second-order valence-corrected chi connectivity index (χ2v) is 7.56. The van der Waals surface area contributed by atoms with Gasteiger partial charge in [0, 0.05) is 24.0 Å². The zero-order valence-corrected chi connectivity index (χ0v) is 15.5. The van der Waals surface area contributed by atoms with E-state index in [1.54, 1.807) is 0 Å². The molecule has 1 heterocycles. The third kappa shape index (κ3) is 5.51. The molecule has 0 N–H and O–H groups in total. The zero-order valence-electron chi connectivity index (χ0n) is 12.6. The highest BCUT2D eigenvalue weighted by Crippen LogP contribution is 2.23. The lowest BCUT2D eigenvalue weighted by Crippen LogP contribution is -2.34. The van der Waals surface area contributed by atoms with Crippen LogP contribution >= 0.6 is 34.2 Å². The van der Waals surface area contributed by atoms with Gasteiger partial charge in [-0.3, -0.25) is 9.69 Å². The Balaban J connectivity index is 1.97. The van der Waals surface area contributed by atoms with E-state index in [1.165, 1.54) is 11.1 Å². The molecular weight excluding hydrogens is 399 g/mol. The highest BCUT2D eigenvalue weighted by molar-refractivity contribution is 14.1. The van der Waals surface area contributed by atoms with Gasteiger partial charge in [0.15, 0.2) is 3.79 Å². The summed E-state index contributed by atoms with van der Waals surface area (Å²) in [6.45, 7) is 3.81. The predicted molar refractivity (Wildman–Crippen MR) is 95.9 cm³/mol. The topological polar surface area (TPSA) is 23.6 Å². The molecule has 3 nitrogen and oxygen atoms in total. The van der Waals surface area contributed by atoms with Gasteiger partial charge < -0.3 is 4.90 Å². The summed E-state index contributed by atoms with van der Waals surface area (Å²) < 4.78 is 0.309. The fourth-order valence-corrected chi connectivity index (χ4v) is 3.74. The van der Waals surface area contributed by atoms with E-state index in [0.29, 0.717) is 3.79 Å². The summed E-state index contributed by atoms with van der Waals surface area (Å²) in [5.74, 6) is 0.255. The maximum Gasteiger partial charge on any atom is 0.195 e. The molecule has 1 aliphatic rings. The van der Waals surface area contributed by atoms with E-state index in [9.17, 15) is 4.79 Å². The lowest BCUT2D eigenvalue weighted by Gasteiger charge is -2.30. The first-order valence-corrected chi connectivity index (χ1v) is 8.74. The van der Waals surface area contributed by atoms with Crippen molar-refractivity contribution in [2.24, 2.45) is 5.92 Å². The van der Waals surface area contributed by atoms with Crippen LogP contribution in [0.15, 0.2) is 18.2 Å². The fraction of sp³-hybridized carbons (Fsp3) is 0.562. The zero-order chi connectivity index (χ0) is 15.4. The number of benzene rings is 1. The number of hydrogen-bond donors (Lipinski definition) is 0. The van der Waals surface area contributed by atoms with Crippen molar-refractivity contribution in [3.63, 3.8) is 0 Å². The van der Waals surface area contributed by atoms with Gasteiger partial charge in [0.1, 0.15) is 0 Å². The molecular formula is C16H22ClIN2O. The van der Waals surface area contributed by atoms with Crippen LogP contribution in [0.5, 0.6) is 0 Å². The Kier molecular flexibility index (Phi) is 6.47. The quantitative estimate of drug-likeness (QED) is 0.537. The molecule has 2 rings (SSSR count). The molecule has 21 heavy (non-hydrogen) atoms. The average Bonchev–Trinajstić information content (AvgIpc) is 2.37. The summed E-state index contributed by atoms with van der Waals surface area (Å²) in [4.78, 5) is 16.0. The minimum absolute atomic E-state index is 0.255. The Morgan fingerprint density at radius 1 is 1.29 bits per heavy atom. The first-order valence-electron chi connectivity index (χ1n) is 7.29. The number of carbonyl (C=O) groups is 1. The van der Waals surface area contributed by atoms with Crippen LogP contribution in [0.3, 0.4) is 0 Å². The highest BCUT2D eigenvalue weighted by atomic mass is 127. The second kappa shape index (κ2) is 7.90. The van der Waals surface area contributed by atoms with Gasteiger partial charge in [-0.2, -0.15) is 0 Å². The molecule has 116 valence electrons. The number of rotatable bonds is 5. The maximum absolute atomic E-state index is 11.4. The van der Waals surface area contributed by atoms with E-state index in [-0.39, 0.29) is 5.92 Å². The number of likely N-dealkylation sites (tertiary alicyclic amines) is 1. The molecule has 5 heteroatoms. The summed E-state index contributed by atoms with van der Waals surface area (Å²) in [6.07, 6.45) is 1.96. The van der Waals surface area contributed by atoms with Crippen LogP contribution in [-0.2, 0) is 17.9 Å². The second-order valence-electron chi connectivity index (χ2n) is 6.06. The summed E-state index contributed by atoms with van der Waals surface area (Å²) in [5.41, 5.74) is 2.51. The summed E-state index contributed by atoms with van der Waals surface area (Å²) in [6, 6.07) is 6.32. The van der Waals surface area contributed by atoms with Gasteiger partial charge >= 0.3 is 0 Å². The molecule has 1 saturated heterocycles. The van der Waals surface area contributed by atoms with Crippen LogP contribution in [0.2, 0.25) is 5.02 Å². The lowest BCUT2D eigenvalue weighted by molar-refractivity contribution is -0.114. The molecule has 0 bridgehead atoms. The van der Waals surface area contributed by atoms with E-state index < -0.39 is 0 Å². The van der Waals surface area contributed by atoms with Gasteiger partial charge in [-0.25, -0.2) is 0 Å². The number of hydrogen-bond acceptors (Lipinski definition) is 3. The molecule has 0 saturated carbocycles. The van der Waals surface area contributed by atoms with E-state index in [0.717, 1.165) is 44.0 Å². The first-order chi connectivity index (χ1) is 9.94. The molecule has 0 aromatic heterocycles. The van der Waals surface area contributed by atoms with Crippen molar-refractivity contribution < 1.29 is 4.79 Å². The SMILES string of the molecule is CN(C)Cc1cc(Cl)cc(CN2CCC(C(=O)I)CC2)c1. The molecule has 1 aromatic rings. The number of nitrogens with zero attached hydrogens (tertiary/aromatic N) is 2. The third-order valence-electron chi connectivity index (χ3n) is 3.83. The summed E-state index contributed by atoms with van der Waals surface area (Å²) in [5, 5.41) is 0.807. The molecule has 0 unspecified atom stereocenters. The van der Waals surface area contributed by atoms with Gasteiger partial charge in [-0.1, -0.05) is 17.7 Å². The molecule has 1 aromatic carbocycles. The van der Waals surface area contributed by atoms with Crippen molar-refractivity contribution >= 4 is 38.0 Å². The largest absolute Gasteiger partial charge is 0.305 e. The van der Waals surface area contributed by atoms with E-state index in [1.807, 2.05) is 28.7 Å². The van der Waals surface area contributed by atoms with Gasteiger partial charge in [0.25, 0.3) is 0 Å². The number of piperidine rings is 1. The molecule has 1 fully saturated rings. The minimum atomic E-state index is 0.255. The van der Waals surface area contributed by atoms with Crippen molar-refractivity contribution in [2.45, 2.75) is 25.9 Å². The van der Waals surface area contributed by atoms with E-state index >= 15 is 0 Å². The standard InChI is InChI=1S/C16H22ClIN2O/c1-19(2)10-12-7-13(9-15(17)8-12)11-20-5-3-14(4-6-20)16(18)21/h7-9,14H,3-6,10-11H2,1-2H3. The van der Waals surface area contributed by atoms with Gasteiger partial charge in [0.2, 0.25) is 0 Å². The Morgan fingerprint density at radius 3 is 2.48 bits per heavy atom. The molecule has 0 spiro atoms. The Bertz CT molecular complexity index is 499. The van der Waals surface area contributed by atoms with Crippen molar-refractivity contribution in [1.82, 2.24) is 9.80 Å². The molecule has 0 atom stereocenters. The molecule has 0 amide bonds. The minimum Gasteiger partial charge on any atom is -0.305 e. The van der Waals surface area contributed by atoms with Gasteiger partial charge in [0.05, 0.1) is 0 Å². The van der Waals surface area contributed by atoms with E-state index in [4.69, 9.17) is 11.6 Å². The predicted octanol–water partition coefficient (Wildman–Crippen LogP) is 3.58. The Labute approximate surface area is 145 Å². The monoisotopic (exact) mass is 420 g/mol. The van der Waals surface area contributed by atoms with Crippen LogP contribution in [0.1, 0.15) is 24.0 Å². The normalized spacial score (nSPS) is 17.4. The van der Waals surface area contributed by atoms with E-state index in [2.05, 4.69) is 36.0 Å². The number of halogens is 2. The third-order valence-corrected chi connectivity index (χ3v) is 4.93. The first kappa shape index (κ1) is 17.2. The Morgan fingerprint density at radius 2 is 1.90 bits per heavy atom. The van der Waals surface area contributed by atoms with Crippen LogP contribution in [0.25, 0.3) is 0 Å². The van der Waals surface area contributed by atoms with Crippen molar-refractivity contribution in [3.05, 3.63) is 34.3 Å². The van der Waals surface area contributed by atoms with Gasteiger partial charge in [-0.05, 0) is 85.9 Å². The number of carbonyl (C=O) groups excluding carboxylic acids is 1. The van der Waals surface area contributed by atoms with Crippen LogP contribution in [-0.4, -0.2) is 40.8 Å². The average molecular weight is 421 g/mol. The highest BCUT2D eigenvalue weighted by Gasteiger charge is 2.23. The molecule has 1 aliphatic heterocycles. The van der Waals surface area contributed by atoms with Gasteiger partial charge in [-0.15, -0.1) is 0 Å². The summed E-state index contributed by atoms with van der Waals surface area (Å²) >= 11 is 8.17. The van der Waals surface area contributed by atoms with Crippen LogP contribution in [0.4, 0.5) is 0 Å². The maximum atomic E-state index is 11.4. The smallest absolute Gasteiger partial charge is 0.195 e. The fourth-order valence-electron chi connectivity index (χ4n) is 2.84. The molecule has 0 aliphatic carbocycles.